The van der Waals surface area contributed by atoms with Crippen LogP contribution in [0, 0.1) is 6.07 Å². The third-order valence-corrected chi connectivity index (χ3v) is 12.2. The maximum atomic E-state index is 11.1. The molecule has 0 bridgehead atoms. The van der Waals surface area contributed by atoms with Gasteiger partial charge in [0.05, 0.1) is 16.6 Å². The number of para-hydroxylation sites is 3. The molecule has 0 unspecified atom stereocenters. The van der Waals surface area contributed by atoms with Crippen LogP contribution in [0.1, 0.15) is 49.9 Å². The molecule has 59 heavy (non-hydrogen) atoms. The molecule has 1 aliphatic rings. The van der Waals surface area contributed by atoms with E-state index in [1.54, 1.807) is 6.07 Å². The molecule has 0 saturated carbocycles. The summed E-state index contributed by atoms with van der Waals surface area (Å²) in [6, 6.07) is 62.9. The predicted octanol–water partition coefficient (Wildman–Crippen LogP) is 13.2. The van der Waals surface area contributed by atoms with Gasteiger partial charge in [-0.3, -0.25) is 9.55 Å². The van der Waals surface area contributed by atoms with Crippen LogP contribution < -0.4 is 0 Å². The van der Waals surface area contributed by atoms with Gasteiger partial charge in [-0.15, -0.1) is 17.7 Å². The van der Waals surface area contributed by atoms with Crippen LogP contribution in [0.25, 0.3) is 72.7 Å². The normalized spacial score (nSPS) is 12.8. The number of phenolic OH excluding ortho intramolecular Hbond substituents is 1. The second-order valence-corrected chi connectivity index (χ2v) is 16.3. The van der Waals surface area contributed by atoms with Crippen molar-refractivity contribution in [3.63, 3.8) is 0 Å². The SMILES string of the molecule is CC(C)(c1ccccc1)c1ccc(-c2ccnc(-c3[c-]c(-c4cccc5c4nc(-c4ccccc4O)n5-c4ccccc4)c4c(c3)-c3ccccc3C4(C)C)c2)cc1.[Pt]. The quantitative estimate of drug-likeness (QED) is 0.162. The zero-order chi connectivity index (χ0) is 39.6. The Morgan fingerprint density at radius 1 is 0.610 bits per heavy atom. The molecule has 10 rings (SSSR count). The molecule has 0 saturated heterocycles. The van der Waals surface area contributed by atoms with Gasteiger partial charge in [0.25, 0.3) is 0 Å². The zero-order valence-electron chi connectivity index (χ0n) is 33.3. The third-order valence-electron chi connectivity index (χ3n) is 12.2. The summed E-state index contributed by atoms with van der Waals surface area (Å²) in [6.07, 6.45) is 1.91. The van der Waals surface area contributed by atoms with E-state index in [1.807, 2.05) is 42.6 Å². The smallest absolute Gasteiger partial charge is 0.148 e. The van der Waals surface area contributed by atoms with Crippen LogP contribution in [0.4, 0.5) is 0 Å². The second-order valence-electron chi connectivity index (χ2n) is 16.3. The molecule has 2 heterocycles. The molecule has 4 nitrogen and oxygen atoms in total. The second kappa shape index (κ2) is 14.8. The van der Waals surface area contributed by atoms with Crippen molar-refractivity contribution in [2.45, 2.75) is 38.5 Å². The van der Waals surface area contributed by atoms with Crippen molar-refractivity contribution in [3.05, 3.63) is 204 Å². The van der Waals surface area contributed by atoms with Crippen molar-refractivity contribution in [1.82, 2.24) is 14.5 Å². The molecule has 2 aromatic heterocycles. The molecule has 1 aliphatic carbocycles. The van der Waals surface area contributed by atoms with E-state index in [4.69, 9.17) is 9.97 Å². The number of rotatable bonds is 7. The summed E-state index contributed by atoms with van der Waals surface area (Å²) in [5.41, 5.74) is 16.5. The summed E-state index contributed by atoms with van der Waals surface area (Å²) in [5.74, 6) is 0.859. The maximum absolute atomic E-state index is 11.1. The number of nitrogens with zero attached hydrogens (tertiary/aromatic N) is 3. The summed E-state index contributed by atoms with van der Waals surface area (Å²) in [5, 5.41) is 11.1. The summed E-state index contributed by atoms with van der Waals surface area (Å²) < 4.78 is 2.15. The average molecular weight is 944 g/mol. The van der Waals surface area contributed by atoms with Gasteiger partial charge in [0.2, 0.25) is 0 Å². The topological polar surface area (TPSA) is 50.9 Å². The number of hydrogen-bond acceptors (Lipinski definition) is 3. The van der Waals surface area contributed by atoms with Gasteiger partial charge in [-0.25, -0.2) is 4.98 Å². The van der Waals surface area contributed by atoms with Crippen molar-refractivity contribution in [2.75, 3.05) is 0 Å². The minimum Gasteiger partial charge on any atom is -0.507 e. The van der Waals surface area contributed by atoms with Crippen LogP contribution in [0.3, 0.4) is 0 Å². The molecular weight excluding hydrogens is 902 g/mol. The fourth-order valence-electron chi connectivity index (χ4n) is 9.02. The van der Waals surface area contributed by atoms with Crippen LogP contribution in [0.2, 0.25) is 0 Å². The van der Waals surface area contributed by atoms with Gasteiger partial charge in [0, 0.05) is 44.1 Å². The van der Waals surface area contributed by atoms with Gasteiger partial charge in [-0.1, -0.05) is 177 Å². The van der Waals surface area contributed by atoms with Gasteiger partial charge < -0.3 is 5.11 Å². The Morgan fingerprint density at radius 2 is 1.25 bits per heavy atom. The Balaban J connectivity index is 0.00000449. The monoisotopic (exact) mass is 943 g/mol. The Morgan fingerprint density at radius 3 is 2.00 bits per heavy atom. The van der Waals surface area contributed by atoms with Crippen LogP contribution in [-0.4, -0.2) is 19.6 Å². The number of aromatic hydroxyl groups is 1. The molecular formula is C54H42N3OPt-. The van der Waals surface area contributed by atoms with E-state index >= 15 is 0 Å². The van der Waals surface area contributed by atoms with Crippen molar-refractivity contribution in [3.8, 4) is 67.5 Å². The molecule has 0 fully saturated rings. The van der Waals surface area contributed by atoms with E-state index in [0.29, 0.717) is 11.4 Å². The summed E-state index contributed by atoms with van der Waals surface area (Å²) in [6.45, 7) is 9.18. The molecule has 1 N–H and O–H groups in total. The number of imidazole rings is 1. The van der Waals surface area contributed by atoms with Crippen molar-refractivity contribution < 1.29 is 26.2 Å². The number of benzene rings is 7. The molecule has 0 atom stereocenters. The van der Waals surface area contributed by atoms with Crippen LogP contribution >= 0.6 is 0 Å². The molecule has 0 spiro atoms. The largest absolute Gasteiger partial charge is 0.507 e. The summed E-state index contributed by atoms with van der Waals surface area (Å²) in [7, 11) is 0. The molecule has 5 heteroatoms. The molecule has 290 valence electrons. The van der Waals surface area contributed by atoms with E-state index in [0.717, 1.165) is 50.2 Å². The summed E-state index contributed by atoms with van der Waals surface area (Å²) in [4.78, 5) is 10.4. The third kappa shape index (κ3) is 6.35. The van der Waals surface area contributed by atoms with Gasteiger partial charge in [0.15, 0.2) is 0 Å². The number of hydrogen-bond donors (Lipinski definition) is 1. The summed E-state index contributed by atoms with van der Waals surface area (Å²) >= 11 is 0. The van der Waals surface area contributed by atoms with E-state index in [1.165, 1.54) is 33.4 Å². The van der Waals surface area contributed by atoms with Gasteiger partial charge in [-0.05, 0) is 75.2 Å². The first kappa shape index (κ1) is 38.2. The fourth-order valence-corrected chi connectivity index (χ4v) is 9.02. The van der Waals surface area contributed by atoms with Crippen LogP contribution in [-0.2, 0) is 31.9 Å². The molecule has 0 radical (unpaired) electrons. The van der Waals surface area contributed by atoms with E-state index in [2.05, 4.69) is 166 Å². The molecule has 9 aromatic rings. The number of pyridine rings is 1. The number of aromatic nitrogens is 3. The minimum atomic E-state index is -0.300. The first-order chi connectivity index (χ1) is 28.2. The fraction of sp³-hybridized carbons (Fsp3) is 0.111. The van der Waals surface area contributed by atoms with Gasteiger partial charge in [-0.2, -0.15) is 0 Å². The van der Waals surface area contributed by atoms with Gasteiger partial charge in [0.1, 0.15) is 11.6 Å². The van der Waals surface area contributed by atoms with E-state index < -0.39 is 0 Å². The Kier molecular flexibility index (Phi) is 9.57. The van der Waals surface area contributed by atoms with Crippen molar-refractivity contribution >= 4 is 11.0 Å². The number of phenols is 1. The van der Waals surface area contributed by atoms with Gasteiger partial charge >= 0.3 is 0 Å². The van der Waals surface area contributed by atoms with Crippen molar-refractivity contribution in [2.24, 2.45) is 0 Å². The average Bonchev–Trinajstić information content (AvgIpc) is 3.77. The van der Waals surface area contributed by atoms with Crippen LogP contribution in [0.15, 0.2) is 176 Å². The van der Waals surface area contributed by atoms with E-state index in [-0.39, 0.29) is 37.6 Å². The first-order valence-corrected chi connectivity index (χ1v) is 19.9. The molecule has 0 aliphatic heterocycles. The van der Waals surface area contributed by atoms with E-state index in [9.17, 15) is 5.11 Å². The standard InChI is InChI=1S/C54H42N3O.Pt/c1-53(2,38-16-7-5-8-17-38)39-28-26-35(27-29-39)36-30-31-55-47(34-36)37-32-44-41-20-11-13-23-46(41)54(3,4)50(44)45(33-37)42-22-15-24-48-51(42)56-52(43-21-12-14-25-49(43)58)57(48)40-18-9-6-10-19-40;/h5-32,34,58H,1-4H3;/q-1;. The van der Waals surface area contributed by atoms with Crippen molar-refractivity contribution in [1.29, 1.82) is 0 Å². The Bertz CT molecular complexity index is 3000. The Hall–Kier alpha value is -6.35. The minimum absolute atomic E-state index is 0. The predicted molar refractivity (Wildman–Crippen MR) is 237 cm³/mol. The maximum Gasteiger partial charge on any atom is 0.148 e. The molecule has 7 aromatic carbocycles. The zero-order valence-corrected chi connectivity index (χ0v) is 35.6. The van der Waals surface area contributed by atoms with Crippen LogP contribution in [0.5, 0.6) is 5.75 Å². The first-order valence-electron chi connectivity index (χ1n) is 19.9. The number of fused-ring (bicyclic) bond motifs is 4. The molecule has 0 amide bonds. The Labute approximate surface area is 360 Å².